The number of carbonyl (C=O) groups excluding carboxylic acids is 1. The number of amides is 1. The number of para-hydroxylation sites is 1. The molecule has 0 fully saturated rings. The Hall–Kier alpha value is -2.63. The van der Waals surface area contributed by atoms with Crippen LogP contribution in [0.2, 0.25) is 0 Å². The van der Waals surface area contributed by atoms with Crippen molar-refractivity contribution in [3.05, 3.63) is 53.6 Å². The first-order valence-corrected chi connectivity index (χ1v) is 7.07. The van der Waals surface area contributed by atoms with Gasteiger partial charge in [0.1, 0.15) is 0 Å². The fourth-order valence-corrected chi connectivity index (χ4v) is 2.09. The molecular weight excluding hydrogens is 304 g/mol. The lowest BCUT2D eigenvalue weighted by molar-refractivity contribution is -0.0515. The van der Waals surface area contributed by atoms with E-state index >= 15 is 0 Å². The molecular formula is C17H17F2NO3. The summed E-state index contributed by atoms with van der Waals surface area (Å²) in [6.45, 7) is -1.03. The van der Waals surface area contributed by atoms with Crippen LogP contribution in [-0.2, 0) is 6.42 Å². The fraction of sp³-hybridized carbons (Fsp3) is 0.235. The molecule has 2 aromatic rings. The molecule has 1 amide bonds. The molecule has 2 aromatic carbocycles. The van der Waals surface area contributed by atoms with Gasteiger partial charge in [0.25, 0.3) is 5.91 Å². The van der Waals surface area contributed by atoms with E-state index in [1.165, 1.54) is 25.3 Å². The highest BCUT2D eigenvalue weighted by Crippen LogP contribution is 2.33. The maximum Gasteiger partial charge on any atom is 0.387 e. The zero-order valence-corrected chi connectivity index (χ0v) is 12.8. The van der Waals surface area contributed by atoms with Crippen molar-refractivity contribution in [3.8, 4) is 11.5 Å². The number of hydrogen-bond donors (Lipinski definition) is 1. The van der Waals surface area contributed by atoms with E-state index in [0.29, 0.717) is 5.69 Å². The topological polar surface area (TPSA) is 47.6 Å². The summed E-state index contributed by atoms with van der Waals surface area (Å²) in [6.07, 6.45) is 0.885. The van der Waals surface area contributed by atoms with Gasteiger partial charge >= 0.3 is 6.61 Å². The minimum absolute atomic E-state index is 0.0239. The molecule has 0 radical (unpaired) electrons. The van der Waals surface area contributed by atoms with E-state index in [1.807, 2.05) is 19.1 Å². The molecule has 0 saturated heterocycles. The first kappa shape index (κ1) is 16.7. The average Bonchev–Trinajstić information content (AvgIpc) is 2.55. The molecule has 6 heteroatoms. The third-order valence-electron chi connectivity index (χ3n) is 3.27. The van der Waals surface area contributed by atoms with E-state index in [1.54, 1.807) is 12.1 Å². The van der Waals surface area contributed by atoms with Crippen LogP contribution in [0.1, 0.15) is 22.8 Å². The summed E-state index contributed by atoms with van der Waals surface area (Å²) in [4.78, 5) is 12.3. The monoisotopic (exact) mass is 321 g/mol. The molecule has 23 heavy (non-hydrogen) atoms. The van der Waals surface area contributed by atoms with Gasteiger partial charge in [-0.15, -0.1) is 0 Å². The number of rotatable bonds is 6. The molecule has 0 unspecified atom stereocenters. The summed E-state index contributed by atoms with van der Waals surface area (Å²) in [5.41, 5.74) is 1.67. The van der Waals surface area contributed by atoms with Crippen LogP contribution >= 0.6 is 0 Å². The van der Waals surface area contributed by atoms with Gasteiger partial charge < -0.3 is 14.8 Å². The van der Waals surface area contributed by atoms with Crippen LogP contribution in [0.25, 0.3) is 0 Å². The van der Waals surface area contributed by atoms with E-state index in [9.17, 15) is 13.6 Å². The summed E-state index contributed by atoms with van der Waals surface area (Å²) in [6, 6.07) is 11.7. The molecule has 2 rings (SSSR count). The first-order valence-electron chi connectivity index (χ1n) is 7.07. The van der Waals surface area contributed by atoms with E-state index in [4.69, 9.17) is 4.74 Å². The van der Waals surface area contributed by atoms with Gasteiger partial charge in [0.15, 0.2) is 11.5 Å². The van der Waals surface area contributed by atoms with Gasteiger partial charge in [-0.3, -0.25) is 4.79 Å². The number of halogens is 2. The van der Waals surface area contributed by atoms with Gasteiger partial charge in [0, 0.05) is 5.69 Å². The van der Waals surface area contributed by atoms with Gasteiger partial charge in [-0.1, -0.05) is 25.1 Å². The summed E-state index contributed by atoms with van der Waals surface area (Å²) < 4.78 is 34.6. The Balaban J connectivity index is 2.27. The Labute approximate surface area is 133 Å². The quantitative estimate of drug-likeness (QED) is 0.871. The van der Waals surface area contributed by atoms with Crippen molar-refractivity contribution in [2.45, 2.75) is 20.0 Å². The molecule has 0 saturated carbocycles. The molecule has 1 N–H and O–H groups in total. The Morgan fingerprint density at radius 3 is 2.43 bits per heavy atom. The predicted molar refractivity (Wildman–Crippen MR) is 83.4 cm³/mol. The van der Waals surface area contributed by atoms with Crippen LogP contribution in [0.3, 0.4) is 0 Å². The lowest BCUT2D eigenvalue weighted by atomic mass is 10.1. The summed E-state index contributed by atoms with van der Waals surface area (Å²) in [5.74, 6) is -0.768. The number of aryl methyl sites for hydroxylation is 1. The zero-order valence-electron chi connectivity index (χ0n) is 12.8. The normalized spacial score (nSPS) is 10.5. The SMILES string of the molecule is CCc1ccc(NC(=O)c2cccc(OC)c2OC(F)F)cc1. The van der Waals surface area contributed by atoms with Gasteiger partial charge in [-0.25, -0.2) is 0 Å². The van der Waals surface area contributed by atoms with Crippen molar-refractivity contribution in [3.63, 3.8) is 0 Å². The predicted octanol–water partition coefficient (Wildman–Crippen LogP) is 4.11. The fourth-order valence-electron chi connectivity index (χ4n) is 2.09. The number of nitrogens with one attached hydrogen (secondary N) is 1. The van der Waals surface area contributed by atoms with Crippen molar-refractivity contribution in [1.29, 1.82) is 0 Å². The molecule has 0 heterocycles. The van der Waals surface area contributed by atoms with E-state index < -0.39 is 12.5 Å². The molecule has 122 valence electrons. The highest BCUT2D eigenvalue weighted by Gasteiger charge is 2.20. The van der Waals surface area contributed by atoms with Gasteiger partial charge in [0.2, 0.25) is 0 Å². The molecule has 0 aliphatic heterocycles. The van der Waals surface area contributed by atoms with E-state index in [-0.39, 0.29) is 17.1 Å². The second kappa shape index (κ2) is 7.58. The minimum atomic E-state index is -3.05. The lowest BCUT2D eigenvalue weighted by Crippen LogP contribution is -2.15. The highest BCUT2D eigenvalue weighted by molar-refractivity contribution is 6.06. The third-order valence-corrected chi connectivity index (χ3v) is 3.27. The summed E-state index contributed by atoms with van der Waals surface area (Å²) in [5, 5.41) is 2.66. The Bertz CT molecular complexity index is 672. The van der Waals surface area contributed by atoms with Crippen LogP contribution in [-0.4, -0.2) is 19.6 Å². The zero-order chi connectivity index (χ0) is 16.8. The number of methoxy groups -OCH3 is 1. The van der Waals surface area contributed by atoms with Gasteiger partial charge in [-0.05, 0) is 36.2 Å². The van der Waals surface area contributed by atoms with Crippen molar-refractivity contribution in [2.75, 3.05) is 12.4 Å². The number of anilines is 1. The van der Waals surface area contributed by atoms with Crippen molar-refractivity contribution in [1.82, 2.24) is 0 Å². The molecule has 0 bridgehead atoms. The van der Waals surface area contributed by atoms with E-state index in [2.05, 4.69) is 10.1 Å². The molecule has 0 atom stereocenters. The van der Waals surface area contributed by atoms with Gasteiger partial charge in [-0.2, -0.15) is 8.78 Å². The summed E-state index contributed by atoms with van der Waals surface area (Å²) >= 11 is 0. The Morgan fingerprint density at radius 2 is 1.87 bits per heavy atom. The second-order valence-electron chi connectivity index (χ2n) is 4.72. The molecule has 4 nitrogen and oxygen atoms in total. The van der Waals surface area contributed by atoms with Crippen LogP contribution in [0.4, 0.5) is 14.5 Å². The number of ether oxygens (including phenoxy) is 2. The van der Waals surface area contributed by atoms with Gasteiger partial charge in [0.05, 0.1) is 12.7 Å². The van der Waals surface area contributed by atoms with Crippen LogP contribution in [0.15, 0.2) is 42.5 Å². The Morgan fingerprint density at radius 1 is 1.17 bits per heavy atom. The lowest BCUT2D eigenvalue weighted by Gasteiger charge is -2.14. The second-order valence-corrected chi connectivity index (χ2v) is 4.72. The number of alkyl halides is 2. The molecule has 0 aromatic heterocycles. The largest absolute Gasteiger partial charge is 0.493 e. The third kappa shape index (κ3) is 4.18. The molecule has 0 aliphatic carbocycles. The first-order chi connectivity index (χ1) is 11.0. The van der Waals surface area contributed by atoms with Crippen LogP contribution < -0.4 is 14.8 Å². The summed E-state index contributed by atoms with van der Waals surface area (Å²) in [7, 11) is 1.32. The van der Waals surface area contributed by atoms with Crippen LogP contribution in [0.5, 0.6) is 11.5 Å². The standard InChI is InChI=1S/C17H17F2NO3/c1-3-11-7-9-12(10-8-11)20-16(21)13-5-4-6-14(22-2)15(13)23-17(18)19/h4-10,17H,3H2,1-2H3,(H,20,21). The maximum atomic E-state index is 12.6. The average molecular weight is 321 g/mol. The van der Waals surface area contributed by atoms with Crippen molar-refractivity contribution in [2.24, 2.45) is 0 Å². The molecule has 0 aliphatic rings. The smallest absolute Gasteiger partial charge is 0.387 e. The van der Waals surface area contributed by atoms with E-state index in [0.717, 1.165) is 12.0 Å². The van der Waals surface area contributed by atoms with Crippen molar-refractivity contribution >= 4 is 11.6 Å². The minimum Gasteiger partial charge on any atom is -0.493 e. The number of carbonyl (C=O) groups is 1. The Kier molecular flexibility index (Phi) is 5.51. The maximum absolute atomic E-state index is 12.6. The van der Waals surface area contributed by atoms with Crippen LogP contribution in [0, 0.1) is 0 Å². The highest BCUT2D eigenvalue weighted by atomic mass is 19.3. The van der Waals surface area contributed by atoms with Crippen molar-refractivity contribution < 1.29 is 23.0 Å². The number of benzene rings is 2. The molecule has 0 spiro atoms. The number of hydrogen-bond acceptors (Lipinski definition) is 3.